The van der Waals surface area contributed by atoms with Gasteiger partial charge in [-0.3, -0.25) is 0 Å². The highest BCUT2D eigenvalue weighted by molar-refractivity contribution is 7.90. The average molecular weight is 323 g/mol. The van der Waals surface area contributed by atoms with Gasteiger partial charge >= 0.3 is 0 Å². The summed E-state index contributed by atoms with van der Waals surface area (Å²) in [5.74, 6) is 0.156. The lowest BCUT2D eigenvalue weighted by Crippen LogP contribution is -2.45. The van der Waals surface area contributed by atoms with Crippen molar-refractivity contribution in [1.82, 2.24) is 4.72 Å². The van der Waals surface area contributed by atoms with Gasteiger partial charge in [0, 0.05) is 6.54 Å². The average Bonchev–Trinajstić information content (AvgIpc) is 3.40. The van der Waals surface area contributed by atoms with Crippen molar-refractivity contribution in [3.63, 3.8) is 0 Å². The van der Waals surface area contributed by atoms with Crippen molar-refractivity contribution in [1.29, 1.82) is 0 Å². The summed E-state index contributed by atoms with van der Waals surface area (Å²) in [4.78, 5) is 0. The fourth-order valence-electron chi connectivity index (χ4n) is 3.47. The molecule has 1 aromatic carbocycles. The third-order valence-corrected chi connectivity index (χ3v) is 6.96. The van der Waals surface area contributed by atoms with Crippen LogP contribution in [0.15, 0.2) is 30.3 Å². The summed E-state index contributed by atoms with van der Waals surface area (Å²) in [6, 6.07) is 9.44. The second-order valence-electron chi connectivity index (χ2n) is 6.69. The first kappa shape index (κ1) is 16.0. The predicted molar refractivity (Wildman–Crippen MR) is 86.9 cm³/mol. The lowest BCUT2D eigenvalue weighted by Gasteiger charge is -2.30. The van der Waals surface area contributed by atoms with Crippen LogP contribution in [0.25, 0.3) is 0 Å². The molecule has 0 bridgehead atoms. The van der Waals surface area contributed by atoms with Crippen LogP contribution >= 0.6 is 0 Å². The lowest BCUT2D eigenvalue weighted by molar-refractivity contribution is 0.0185. The van der Waals surface area contributed by atoms with Gasteiger partial charge in [-0.15, -0.1) is 0 Å². The summed E-state index contributed by atoms with van der Waals surface area (Å²) in [5.41, 5.74) is -0.271. The molecule has 22 heavy (non-hydrogen) atoms. The van der Waals surface area contributed by atoms with E-state index < -0.39 is 15.6 Å². The van der Waals surface area contributed by atoms with E-state index in [1.165, 1.54) is 0 Å². The summed E-state index contributed by atoms with van der Waals surface area (Å²) in [5, 5.41) is 10.8. The molecule has 3 rings (SSSR count). The lowest BCUT2D eigenvalue weighted by atomic mass is 9.89. The van der Waals surface area contributed by atoms with Gasteiger partial charge in [0.15, 0.2) is 0 Å². The Morgan fingerprint density at radius 3 is 2.27 bits per heavy atom. The van der Waals surface area contributed by atoms with Crippen LogP contribution in [0.3, 0.4) is 0 Å². The second-order valence-corrected chi connectivity index (χ2v) is 8.74. The van der Waals surface area contributed by atoms with Crippen molar-refractivity contribution < 1.29 is 13.5 Å². The van der Waals surface area contributed by atoms with Crippen LogP contribution in [0.5, 0.6) is 0 Å². The molecule has 2 saturated carbocycles. The van der Waals surface area contributed by atoms with Crippen LogP contribution in [-0.4, -0.2) is 25.3 Å². The maximum absolute atomic E-state index is 12.5. The molecule has 5 heteroatoms. The molecule has 0 aliphatic heterocycles. The molecule has 2 N–H and O–H groups in total. The van der Waals surface area contributed by atoms with Crippen molar-refractivity contribution >= 4 is 10.0 Å². The zero-order valence-corrected chi connectivity index (χ0v) is 13.7. The molecular weight excluding hydrogens is 298 g/mol. The number of benzene rings is 1. The third kappa shape index (κ3) is 3.36. The maximum atomic E-state index is 12.5. The zero-order valence-electron chi connectivity index (χ0n) is 12.9. The van der Waals surface area contributed by atoms with Crippen LogP contribution in [0.1, 0.15) is 50.5 Å². The van der Waals surface area contributed by atoms with E-state index in [1.807, 2.05) is 30.3 Å². The summed E-state index contributed by atoms with van der Waals surface area (Å²) in [6.45, 7) is 0.0838. The van der Waals surface area contributed by atoms with Gasteiger partial charge in [0.2, 0.25) is 10.0 Å². The van der Waals surface area contributed by atoms with Crippen molar-refractivity contribution in [2.24, 2.45) is 5.92 Å². The molecule has 0 aromatic heterocycles. The molecular formula is C17H25NO3S. The summed E-state index contributed by atoms with van der Waals surface area (Å²) in [6.07, 6.45) is 6.48. The molecule has 0 saturated heterocycles. The van der Waals surface area contributed by atoms with Crippen molar-refractivity contribution in [3.05, 3.63) is 35.9 Å². The highest BCUT2D eigenvalue weighted by Crippen LogP contribution is 2.45. The van der Waals surface area contributed by atoms with E-state index in [9.17, 15) is 13.5 Å². The molecule has 0 amide bonds. The number of nitrogens with one attached hydrogen (secondary N) is 1. The highest BCUT2D eigenvalue weighted by atomic mass is 32.2. The zero-order chi connectivity index (χ0) is 15.6. The number of rotatable bonds is 6. The van der Waals surface area contributed by atoms with Gasteiger partial charge in [-0.05, 0) is 37.2 Å². The standard InChI is InChI=1S/C17H25NO3S/c19-17(15-11-12-15,14-7-3-1-4-8-14)13-18-22(20,21)16-9-5-2-6-10-16/h1,3-4,7-8,15-16,18-19H,2,5-6,9-13H2. The van der Waals surface area contributed by atoms with Gasteiger partial charge in [-0.2, -0.15) is 0 Å². The maximum Gasteiger partial charge on any atom is 0.214 e. The number of hydrogen-bond donors (Lipinski definition) is 2. The highest BCUT2D eigenvalue weighted by Gasteiger charge is 2.45. The Morgan fingerprint density at radius 2 is 1.68 bits per heavy atom. The topological polar surface area (TPSA) is 66.4 Å². The van der Waals surface area contributed by atoms with Crippen molar-refractivity contribution in [2.75, 3.05) is 6.54 Å². The van der Waals surface area contributed by atoms with Crippen LogP contribution < -0.4 is 4.72 Å². The first-order chi connectivity index (χ1) is 10.5. The molecule has 0 heterocycles. The van der Waals surface area contributed by atoms with Crippen LogP contribution in [0.4, 0.5) is 0 Å². The minimum atomic E-state index is -3.34. The Kier molecular flexibility index (Phi) is 4.57. The van der Waals surface area contributed by atoms with Gasteiger partial charge in [0.05, 0.1) is 5.25 Å². The first-order valence-corrected chi connectivity index (χ1v) is 9.83. The Labute approximate surface area is 133 Å². The number of hydrogen-bond acceptors (Lipinski definition) is 3. The molecule has 1 aromatic rings. The van der Waals surface area contributed by atoms with E-state index in [4.69, 9.17) is 0 Å². The van der Waals surface area contributed by atoms with E-state index in [2.05, 4.69) is 4.72 Å². The molecule has 0 radical (unpaired) electrons. The molecule has 122 valence electrons. The quantitative estimate of drug-likeness (QED) is 0.845. The molecule has 1 atom stereocenters. The smallest absolute Gasteiger partial charge is 0.214 e. The van der Waals surface area contributed by atoms with Gasteiger partial charge < -0.3 is 5.11 Å². The van der Waals surface area contributed by atoms with Gasteiger partial charge in [-0.25, -0.2) is 13.1 Å². The van der Waals surface area contributed by atoms with E-state index in [1.54, 1.807) is 0 Å². The molecule has 2 aliphatic rings. The Bertz CT molecular complexity index is 592. The SMILES string of the molecule is O=S(=O)(NCC(O)(c1ccccc1)C1CC1)C1CCCCC1. The van der Waals surface area contributed by atoms with E-state index in [-0.39, 0.29) is 17.7 Å². The van der Waals surface area contributed by atoms with Crippen molar-refractivity contribution in [2.45, 2.75) is 55.8 Å². The predicted octanol–water partition coefficient (Wildman–Crippen LogP) is 2.54. The minimum Gasteiger partial charge on any atom is -0.383 e. The Balaban J connectivity index is 1.72. The van der Waals surface area contributed by atoms with Gasteiger partial charge in [0.1, 0.15) is 5.60 Å². The molecule has 2 fully saturated rings. The van der Waals surface area contributed by atoms with E-state index in [0.29, 0.717) is 0 Å². The first-order valence-electron chi connectivity index (χ1n) is 8.29. The molecule has 2 aliphatic carbocycles. The van der Waals surface area contributed by atoms with E-state index in [0.717, 1.165) is 50.5 Å². The Morgan fingerprint density at radius 1 is 1.05 bits per heavy atom. The molecule has 0 spiro atoms. The minimum absolute atomic E-state index is 0.0838. The van der Waals surface area contributed by atoms with Gasteiger partial charge in [-0.1, -0.05) is 49.6 Å². The van der Waals surface area contributed by atoms with Crippen LogP contribution in [0, 0.1) is 5.92 Å². The Hall–Kier alpha value is -0.910. The summed E-state index contributed by atoms with van der Waals surface area (Å²) >= 11 is 0. The van der Waals surface area contributed by atoms with Crippen molar-refractivity contribution in [3.8, 4) is 0 Å². The molecule has 1 unspecified atom stereocenters. The monoisotopic (exact) mass is 323 g/mol. The summed E-state index contributed by atoms with van der Waals surface area (Å²) < 4.78 is 27.7. The number of aliphatic hydroxyl groups is 1. The normalized spacial score (nSPS) is 23.1. The second kappa shape index (κ2) is 6.30. The molecule has 4 nitrogen and oxygen atoms in total. The van der Waals surface area contributed by atoms with Gasteiger partial charge in [0.25, 0.3) is 0 Å². The fraction of sp³-hybridized carbons (Fsp3) is 0.647. The third-order valence-electron chi connectivity index (χ3n) is 5.06. The fourth-order valence-corrected chi connectivity index (χ4v) is 5.08. The largest absolute Gasteiger partial charge is 0.383 e. The summed E-state index contributed by atoms with van der Waals surface area (Å²) in [7, 11) is -3.34. The van der Waals surface area contributed by atoms with Crippen LogP contribution in [0.2, 0.25) is 0 Å². The van der Waals surface area contributed by atoms with Crippen LogP contribution in [-0.2, 0) is 15.6 Å². The van der Waals surface area contributed by atoms with E-state index >= 15 is 0 Å². The number of sulfonamides is 1.